The summed E-state index contributed by atoms with van der Waals surface area (Å²) in [5, 5.41) is 15.0. The minimum absolute atomic E-state index is 0.0215. The van der Waals surface area contributed by atoms with Crippen LogP contribution in [0.2, 0.25) is 0 Å². The molecule has 1 unspecified atom stereocenters. The molecule has 2 aliphatic rings. The molecule has 0 aromatic carbocycles. The quantitative estimate of drug-likeness (QED) is 0.648. The van der Waals surface area contributed by atoms with E-state index in [2.05, 4.69) is 10.6 Å². The summed E-state index contributed by atoms with van der Waals surface area (Å²) in [5.41, 5.74) is -0.181. The lowest BCUT2D eigenvalue weighted by atomic mass is 9.66. The predicted molar refractivity (Wildman–Crippen MR) is 67.1 cm³/mol. The maximum absolute atomic E-state index is 12.0. The van der Waals surface area contributed by atoms with Gasteiger partial charge in [0.1, 0.15) is 0 Å². The van der Waals surface area contributed by atoms with Crippen molar-refractivity contribution in [2.24, 2.45) is 17.3 Å². The van der Waals surface area contributed by atoms with E-state index in [4.69, 9.17) is 5.11 Å². The second-order valence-electron chi connectivity index (χ2n) is 5.85. The Bertz CT molecular complexity index is 335. The highest BCUT2D eigenvalue weighted by Crippen LogP contribution is 2.43. The molecule has 1 saturated carbocycles. The average molecular weight is 254 g/mol. The molecule has 18 heavy (non-hydrogen) atoms. The van der Waals surface area contributed by atoms with Crippen molar-refractivity contribution in [3.63, 3.8) is 0 Å². The molecule has 0 spiro atoms. The molecule has 0 aromatic heterocycles. The third-order valence-corrected chi connectivity index (χ3v) is 4.51. The smallest absolute Gasteiger partial charge is 0.303 e. The minimum Gasteiger partial charge on any atom is -0.481 e. The number of carbonyl (C=O) groups excluding carboxylic acids is 1. The molecular weight excluding hydrogens is 232 g/mol. The van der Waals surface area contributed by atoms with Crippen LogP contribution in [0.1, 0.15) is 32.6 Å². The summed E-state index contributed by atoms with van der Waals surface area (Å²) in [5.74, 6) is -0.242. The molecule has 1 aliphatic heterocycles. The molecule has 3 N–H and O–H groups in total. The third kappa shape index (κ3) is 2.83. The summed E-state index contributed by atoms with van der Waals surface area (Å²) < 4.78 is 0. The van der Waals surface area contributed by atoms with E-state index in [9.17, 15) is 9.59 Å². The maximum Gasteiger partial charge on any atom is 0.303 e. The van der Waals surface area contributed by atoms with Crippen molar-refractivity contribution in [1.29, 1.82) is 0 Å². The van der Waals surface area contributed by atoms with Gasteiger partial charge in [-0.3, -0.25) is 9.59 Å². The fourth-order valence-corrected chi connectivity index (χ4v) is 2.73. The van der Waals surface area contributed by atoms with Gasteiger partial charge in [0, 0.05) is 12.5 Å². The van der Waals surface area contributed by atoms with Crippen LogP contribution < -0.4 is 10.6 Å². The highest BCUT2D eigenvalue weighted by molar-refractivity contribution is 5.79. The summed E-state index contributed by atoms with van der Waals surface area (Å²) in [6.07, 6.45) is 3.08. The van der Waals surface area contributed by atoms with Crippen molar-refractivity contribution >= 4 is 11.9 Å². The fraction of sp³-hybridized carbons (Fsp3) is 0.846. The number of carboxylic acid groups (broad SMARTS) is 1. The van der Waals surface area contributed by atoms with Gasteiger partial charge in [-0.15, -0.1) is 0 Å². The highest BCUT2D eigenvalue weighted by Gasteiger charge is 2.40. The van der Waals surface area contributed by atoms with Crippen LogP contribution in [0.5, 0.6) is 0 Å². The number of aliphatic carboxylic acids is 1. The van der Waals surface area contributed by atoms with E-state index in [0.29, 0.717) is 12.5 Å². The number of carboxylic acids is 1. The summed E-state index contributed by atoms with van der Waals surface area (Å²) in [4.78, 5) is 22.8. The van der Waals surface area contributed by atoms with Gasteiger partial charge in [-0.05, 0) is 37.3 Å². The van der Waals surface area contributed by atoms with Gasteiger partial charge in [0.05, 0.1) is 6.42 Å². The largest absolute Gasteiger partial charge is 0.481 e. The summed E-state index contributed by atoms with van der Waals surface area (Å²) in [6, 6.07) is 0. The first-order chi connectivity index (χ1) is 8.52. The van der Waals surface area contributed by atoms with E-state index < -0.39 is 5.97 Å². The fourth-order valence-electron chi connectivity index (χ4n) is 2.73. The lowest BCUT2D eigenvalue weighted by molar-refractivity contribution is -0.142. The third-order valence-electron chi connectivity index (χ3n) is 4.51. The lowest BCUT2D eigenvalue weighted by Crippen LogP contribution is -2.51. The van der Waals surface area contributed by atoms with Crippen LogP contribution in [-0.4, -0.2) is 36.6 Å². The summed E-state index contributed by atoms with van der Waals surface area (Å²) in [6.45, 7) is 4.29. The SMILES string of the molecule is CC(C(=O)NCC1(CC(=O)O)CCC1)C1CNC1. The maximum atomic E-state index is 12.0. The Hall–Kier alpha value is -1.10. The first-order valence-electron chi connectivity index (χ1n) is 6.73. The summed E-state index contributed by atoms with van der Waals surface area (Å²) >= 11 is 0. The van der Waals surface area contributed by atoms with Crippen LogP contribution in [0, 0.1) is 17.3 Å². The molecule has 0 bridgehead atoms. The van der Waals surface area contributed by atoms with Crippen molar-refractivity contribution in [2.75, 3.05) is 19.6 Å². The summed E-state index contributed by atoms with van der Waals surface area (Å²) in [7, 11) is 0. The topological polar surface area (TPSA) is 78.4 Å². The predicted octanol–water partition coefficient (Wildman–Crippen LogP) is 0.603. The molecule has 5 nitrogen and oxygen atoms in total. The molecule has 102 valence electrons. The van der Waals surface area contributed by atoms with Crippen LogP contribution in [-0.2, 0) is 9.59 Å². The Kier molecular flexibility index (Phi) is 3.90. The Balaban J connectivity index is 1.78. The molecular formula is C13H22N2O3. The van der Waals surface area contributed by atoms with Crippen molar-refractivity contribution in [3.8, 4) is 0 Å². The Morgan fingerprint density at radius 1 is 1.44 bits per heavy atom. The molecule has 1 heterocycles. The number of carbonyl (C=O) groups is 2. The van der Waals surface area contributed by atoms with E-state index in [-0.39, 0.29) is 23.7 Å². The van der Waals surface area contributed by atoms with E-state index in [1.165, 1.54) is 0 Å². The van der Waals surface area contributed by atoms with Crippen molar-refractivity contribution < 1.29 is 14.7 Å². The van der Waals surface area contributed by atoms with E-state index in [1.807, 2.05) is 6.92 Å². The molecule has 1 saturated heterocycles. The van der Waals surface area contributed by atoms with Crippen LogP contribution in [0.4, 0.5) is 0 Å². The van der Waals surface area contributed by atoms with Gasteiger partial charge in [-0.25, -0.2) is 0 Å². The zero-order chi connectivity index (χ0) is 13.2. The second-order valence-corrected chi connectivity index (χ2v) is 5.85. The highest BCUT2D eigenvalue weighted by atomic mass is 16.4. The lowest BCUT2D eigenvalue weighted by Gasteiger charge is -2.41. The number of amides is 1. The van der Waals surface area contributed by atoms with Crippen molar-refractivity contribution in [1.82, 2.24) is 10.6 Å². The zero-order valence-corrected chi connectivity index (χ0v) is 10.9. The van der Waals surface area contributed by atoms with Gasteiger partial charge in [0.15, 0.2) is 0 Å². The van der Waals surface area contributed by atoms with Crippen LogP contribution in [0.25, 0.3) is 0 Å². The molecule has 0 radical (unpaired) electrons. The van der Waals surface area contributed by atoms with E-state index in [0.717, 1.165) is 32.4 Å². The molecule has 1 aliphatic carbocycles. The molecule has 1 amide bonds. The van der Waals surface area contributed by atoms with Crippen LogP contribution in [0.3, 0.4) is 0 Å². The number of nitrogens with one attached hydrogen (secondary N) is 2. The minimum atomic E-state index is -0.764. The Labute approximate surface area is 107 Å². The number of rotatable bonds is 6. The van der Waals surface area contributed by atoms with E-state index in [1.54, 1.807) is 0 Å². The average Bonchev–Trinajstić information content (AvgIpc) is 2.18. The number of hydrogen-bond acceptors (Lipinski definition) is 3. The van der Waals surface area contributed by atoms with Gasteiger partial charge in [0.2, 0.25) is 5.91 Å². The Morgan fingerprint density at radius 3 is 2.50 bits per heavy atom. The molecule has 0 aromatic rings. The second kappa shape index (κ2) is 5.26. The zero-order valence-electron chi connectivity index (χ0n) is 10.9. The molecule has 2 fully saturated rings. The van der Waals surface area contributed by atoms with Gasteiger partial charge >= 0.3 is 5.97 Å². The van der Waals surface area contributed by atoms with Gasteiger partial charge in [0.25, 0.3) is 0 Å². The molecule has 5 heteroatoms. The van der Waals surface area contributed by atoms with Gasteiger partial charge in [-0.1, -0.05) is 13.3 Å². The first kappa shape index (κ1) is 13.3. The van der Waals surface area contributed by atoms with E-state index >= 15 is 0 Å². The standard InChI is InChI=1S/C13H22N2O3/c1-9(10-6-14-7-10)12(18)15-8-13(3-2-4-13)5-11(16)17/h9-10,14H,2-8H2,1H3,(H,15,18)(H,16,17). The molecule has 2 rings (SSSR count). The van der Waals surface area contributed by atoms with Gasteiger partial charge < -0.3 is 15.7 Å². The van der Waals surface area contributed by atoms with Crippen LogP contribution in [0.15, 0.2) is 0 Å². The monoisotopic (exact) mass is 254 g/mol. The van der Waals surface area contributed by atoms with Crippen molar-refractivity contribution in [2.45, 2.75) is 32.6 Å². The Morgan fingerprint density at radius 2 is 2.11 bits per heavy atom. The normalized spacial score (nSPS) is 23.6. The van der Waals surface area contributed by atoms with Crippen molar-refractivity contribution in [3.05, 3.63) is 0 Å². The first-order valence-corrected chi connectivity index (χ1v) is 6.73. The number of hydrogen-bond donors (Lipinski definition) is 3. The molecule has 1 atom stereocenters. The van der Waals surface area contributed by atoms with Crippen LogP contribution >= 0.6 is 0 Å². The van der Waals surface area contributed by atoms with Gasteiger partial charge in [-0.2, -0.15) is 0 Å².